The number of esters is 2. The van der Waals surface area contributed by atoms with E-state index in [2.05, 4.69) is 13.5 Å². The van der Waals surface area contributed by atoms with Crippen LogP contribution in [0.1, 0.15) is 78.1 Å². The molecule has 8 fully saturated rings. The highest BCUT2D eigenvalue weighted by Gasteiger charge is 2.70. The van der Waals surface area contributed by atoms with Crippen LogP contribution in [0.2, 0.25) is 0 Å². The van der Waals surface area contributed by atoms with Crippen LogP contribution in [0, 0.1) is 28.1 Å². The van der Waals surface area contributed by atoms with Gasteiger partial charge in [0, 0.05) is 0 Å². The number of aliphatic hydroxyl groups excluding tert-OH is 13. The molecular formula is C47H72O26. The number of aliphatic hydroxyl groups is 13. The topological polar surface area (TPSA) is 418 Å². The highest BCUT2D eigenvalue weighted by molar-refractivity contribution is 5.90. The highest BCUT2D eigenvalue weighted by Crippen LogP contribution is 2.74. The summed E-state index contributed by atoms with van der Waals surface area (Å²) in [6, 6.07) is 0. The molecule has 0 aromatic heterocycles. The van der Waals surface area contributed by atoms with Crippen LogP contribution in [-0.4, -0.2) is 244 Å². The standard InChI is InChI=1S/C47H72O26/c1-18-12-46-9-5-23-44(2,7-4-8-45(23,3)43(64)72-41-37(69-26(54)11-25(52)53)33(61)29(57)21(15-50)67-41)24(46)6-10-47(18,17-46)73-42-38(71-40-35(63)32(60)28(56)20(14-49)66-40)36(30(58)22(16-51)68-42)70-39-34(62)31(59)27(55)19(13-48)65-39/h19-24,27-42,48-51,55-63H,1,4-17H2,2-3H3,(H,52,53)/t19-,20?,21?,22-,23+,24+,27?,28-,29-,30?,31?,32?,33?,34+,35?,36?,37?,38-,39?,40+,41+,42?,44-,45-,46-,47+/m1/s1. The summed E-state index contributed by atoms with van der Waals surface area (Å²) < 4.78 is 53.7. The van der Waals surface area contributed by atoms with Crippen LogP contribution >= 0.6 is 0 Å². The summed E-state index contributed by atoms with van der Waals surface area (Å²) in [6.45, 7) is 5.08. The van der Waals surface area contributed by atoms with Gasteiger partial charge in [-0.05, 0) is 86.5 Å². The lowest BCUT2D eigenvalue weighted by Gasteiger charge is -2.64. The molecule has 12 unspecified atom stereocenters. The van der Waals surface area contributed by atoms with Gasteiger partial charge in [-0.2, -0.15) is 0 Å². The summed E-state index contributed by atoms with van der Waals surface area (Å²) >= 11 is 0. The first-order valence-electron chi connectivity index (χ1n) is 24.9. The number of carboxylic acid groups (broad SMARTS) is 1. The van der Waals surface area contributed by atoms with Crippen LogP contribution in [0.3, 0.4) is 0 Å². The van der Waals surface area contributed by atoms with Crippen LogP contribution in [0.25, 0.3) is 0 Å². The molecule has 0 aromatic carbocycles. The van der Waals surface area contributed by atoms with Gasteiger partial charge in [-0.3, -0.25) is 14.4 Å². The molecule has 8 aliphatic rings. The molecule has 4 saturated carbocycles. The lowest BCUT2D eigenvalue weighted by Crippen LogP contribution is -2.68. The van der Waals surface area contributed by atoms with E-state index in [9.17, 15) is 80.8 Å². The predicted molar refractivity (Wildman–Crippen MR) is 235 cm³/mol. The minimum Gasteiger partial charge on any atom is -0.481 e. The summed E-state index contributed by atoms with van der Waals surface area (Å²) in [7, 11) is 0. The fraction of sp³-hybridized carbons (Fsp3) is 0.894. The Labute approximate surface area is 418 Å². The van der Waals surface area contributed by atoms with Gasteiger partial charge in [-0.1, -0.05) is 19.9 Å². The van der Waals surface area contributed by atoms with Crippen LogP contribution in [0.15, 0.2) is 12.2 Å². The van der Waals surface area contributed by atoms with Crippen LogP contribution in [-0.2, 0) is 57.0 Å². The van der Waals surface area contributed by atoms with E-state index in [0.717, 1.165) is 0 Å². The van der Waals surface area contributed by atoms with Gasteiger partial charge in [0.05, 0.1) is 37.4 Å². The van der Waals surface area contributed by atoms with Gasteiger partial charge in [0.2, 0.25) is 6.29 Å². The molecule has 26 heteroatoms. The molecule has 4 aliphatic carbocycles. The summed E-state index contributed by atoms with van der Waals surface area (Å²) in [5, 5.41) is 147. The van der Waals surface area contributed by atoms with Crippen molar-refractivity contribution in [3.8, 4) is 0 Å². The van der Waals surface area contributed by atoms with Crippen molar-refractivity contribution in [2.45, 2.75) is 206 Å². The lowest BCUT2D eigenvalue weighted by atomic mass is 9.41. The number of hydrogen-bond acceptors (Lipinski definition) is 25. The molecular weight excluding hydrogens is 980 g/mol. The number of aliphatic carboxylic acids is 1. The molecule has 2 bridgehead atoms. The van der Waals surface area contributed by atoms with E-state index in [1.807, 2.05) is 0 Å². The highest BCUT2D eigenvalue weighted by atomic mass is 16.8. The average Bonchev–Trinajstić information content (AvgIpc) is 3.54. The molecule has 1 spiro atoms. The quantitative estimate of drug-likeness (QED) is 0.0316. The Morgan fingerprint density at radius 1 is 0.575 bits per heavy atom. The zero-order chi connectivity index (χ0) is 53.3. The Hall–Kier alpha value is -2.65. The van der Waals surface area contributed by atoms with E-state index in [4.69, 9.17) is 47.7 Å². The molecule has 4 heterocycles. The van der Waals surface area contributed by atoms with Gasteiger partial charge in [0.15, 0.2) is 25.0 Å². The number of carbonyl (C=O) groups excluding carboxylic acids is 2. The van der Waals surface area contributed by atoms with Crippen LogP contribution in [0.5, 0.6) is 0 Å². The SMILES string of the molecule is C=C1C[C@@]23CC[C@H]4[C@@](C)(CCC[C@@]4(C)C(=O)O[C@@H]4OC(CO)[C@@H](O)C(O)C4OC(=O)CC(=O)O)[C@@H]2CC[C@]1(OC1O[C@H](CO)C(O)C(OC2O[C@H](CO)C(O)C(O)[C@@H]2O)[C@H]1O[C@@H]1OC(CO)[C@@H](O)C(O)C1O)C3. The summed E-state index contributed by atoms with van der Waals surface area (Å²) in [4.78, 5) is 38.3. The molecule has 0 radical (unpaired) electrons. The van der Waals surface area contributed by atoms with E-state index in [0.29, 0.717) is 63.4 Å². The molecule has 4 aliphatic heterocycles. The van der Waals surface area contributed by atoms with Crippen LogP contribution < -0.4 is 0 Å². The van der Waals surface area contributed by atoms with Gasteiger partial charge in [0.1, 0.15) is 98.0 Å². The second-order valence-electron chi connectivity index (χ2n) is 21.8. The predicted octanol–water partition coefficient (Wildman–Crippen LogP) is -5.09. The Balaban J connectivity index is 1.06. The Morgan fingerprint density at radius 2 is 1.08 bits per heavy atom. The molecule has 26 nitrogen and oxygen atoms in total. The third-order valence-corrected chi connectivity index (χ3v) is 17.6. The van der Waals surface area contributed by atoms with Gasteiger partial charge in [-0.25, -0.2) is 0 Å². The van der Waals surface area contributed by atoms with E-state index in [-0.39, 0.29) is 11.8 Å². The second-order valence-corrected chi connectivity index (χ2v) is 21.8. The van der Waals surface area contributed by atoms with Crippen molar-refractivity contribution in [1.82, 2.24) is 0 Å². The zero-order valence-electron chi connectivity index (χ0n) is 40.5. The monoisotopic (exact) mass is 1050 g/mol. The van der Waals surface area contributed by atoms with Gasteiger partial charge < -0.3 is 114 Å². The maximum atomic E-state index is 14.6. The van der Waals surface area contributed by atoms with E-state index in [1.54, 1.807) is 6.92 Å². The van der Waals surface area contributed by atoms with Gasteiger partial charge in [-0.15, -0.1) is 0 Å². The maximum absolute atomic E-state index is 14.6. The first-order valence-corrected chi connectivity index (χ1v) is 24.9. The van der Waals surface area contributed by atoms with Gasteiger partial charge in [0.25, 0.3) is 0 Å². The molecule has 4 saturated heterocycles. The normalized spacial score (nSPS) is 50.9. The smallest absolute Gasteiger partial charge is 0.317 e. The summed E-state index contributed by atoms with van der Waals surface area (Å²) in [6.07, 6.45) is -32.2. The average molecular weight is 1050 g/mol. The van der Waals surface area contributed by atoms with Gasteiger partial charge >= 0.3 is 17.9 Å². The number of ether oxygens (including phenoxy) is 9. The third-order valence-electron chi connectivity index (χ3n) is 17.6. The number of carbonyl (C=O) groups is 3. The Morgan fingerprint density at radius 3 is 1.64 bits per heavy atom. The first-order chi connectivity index (χ1) is 34.4. The molecule has 0 amide bonds. The van der Waals surface area contributed by atoms with E-state index < -0.39 is 195 Å². The molecule has 26 atom stereocenters. The van der Waals surface area contributed by atoms with Crippen molar-refractivity contribution in [2.24, 2.45) is 28.1 Å². The number of rotatable bonds is 15. The zero-order valence-corrected chi connectivity index (χ0v) is 40.5. The molecule has 0 aromatic rings. The fourth-order valence-electron chi connectivity index (χ4n) is 13.9. The molecule has 73 heavy (non-hydrogen) atoms. The van der Waals surface area contributed by atoms with Crippen molar-refractivity contribution in [3.05, 3.63) is 12.2 Å². The van der Waals surface area contributed by atoms with Crippen molar-refractivity contribution in [3.63, 3.8) is 0 Å². The Kier molecular flexibility index (Phi) is 16.8. The molecule has 14 N–H and O–H groups in total. The minimum atomic E-state index is -1.98. The largest absolute Gasteiger partial charge is 0.481 e. The summed E-state index contributed by atoms with van der Waals surface area (Å²) in [5.74, 6) is -3.95. The minimum absolute atomic E-state index is 0.0590. The van der Waals surface area contributed by atoms with Crippen LogP contribution in [0.4, 0.5) is 0 Å². The van der Waals surface area contributed by atoms with Crippen molar-refractivity contribution < 1.29 is 129 Å². The Bertz CT molecular complexity index is 1990. The number of carboxylic acids is 1. The van der Waals surface area contributed by atoms with Crippen molar-refractivity contribution >= 4 is 17.9 Å². The fourth-order valence-corrected chi connectivity index (χ4v) is 13.9. The molecule has 8 rings (SSSR count). The number of hydrogen-bond donors (Lipinski definition) is 14. The molecule has 416 valence electrons. The van der Waals surface area contributed by atoms with Crippen molar-refractivity contribution in [1.29, 1.82) is 0 Å². The second kappa shape index (κ2) is 21.6. The number of fused-ring (bicyclic) bond motifs is 3. The van der Waals surface area contributed by atoms with E-state index >= 15 is 0 Å². The first kappa shape index (κ1) is 56.6. The third kappa shape index (κ3) is 10.0. The maximum Gasteiger partial charge on any atom is 0.317 e. The van der Waals surface area contributed by atoms with E-state index in [1.165, 1.54) is 0 Å². The summed E-state index contributed by atoms with van der Waals surface area (Å²) in [5.41, 5.74) is -2.75. The lowest BCUT2D eigenvalue weighted by molar-refractivity contribution is -0.400. The van der Waals surface area contributed by atoms with Crippen molar-refractivity contribution in [2.75, 3.05) is 26.4 Å².